The van der Waals surface area contributed by atoms with Crippen LogP contribution in [0.3, 0.4) is 0 Å². The van der Waals surface area contributed by atoms with E-state index in [0.29, 0.717) is 25.1 Å². The van der Waals surface area contributed by atoms with Gasteiger partial charge in [0.2, 0.25) is 0 Å². The van der Waals surface area contributed by atoms with Gasteiger partial charge in [-0.1, -0.05) is 0 Å². The summed E-state index contributed by atoms with van der Waals surface area (Å²) in [6, 6.07) is 3.22. The maximum absolute atomic E-state index is 12.9. The molecule has 0 aromatic carbocycles. The Kier molecular flexibility index (Phi) is 3.45. The Morgan fingerprint density at radius 3 is 2.79 bits per heavy atom. The van der Waals surface area contributed by atoms with Crippen LogP contribution in [-0.2, 0) is 19.1 Å². The molecular weight excluding hydrogens is 337 g/mol. The summed E-state index contributed by atoms with van der Waals surface area (Å²) in [5, 5.41) is 0.948. The average molecular weight is 350 g/mol. The third-order valence-electron chi connectivity index (χ3n) is 4.10. The fraction of sp³-hybridized carbons (Fsp3) is 0.312. The summed E-state index contributed by atoms with van der Waals surface area (Å²) in [5.74, 6) is 0.771. The molecule has 1 aliphatic rings. The Morgan fingerprint density at radius 2 is 2.00 bits per heavy atom. The lowest BCUT2D eigenvalue weighted by Crippen LogP contribution is -2.32. The van der Waals surface area contributed by atoms with E-state index in [-0.39, 0.29) is 0 Å². The normalized spacial score (nSPS) is 14.9. The molecular formula is C16H13F3N4S. The molecule has 3 aromatic rings. The Hall–Kier alpha value is -2.22. The molecule has 0 saturated carbocycles. The maximum Gasteiger partial charge on any atom is 0.417 e. The number of anilines is 1. The molecule has 0 N–H and O–H groups in total. The molecule has 0 amide bonds. The van der Waals surface area contributed by atoms with E-state index in [1.807, 2.05) is 17.9 Å². The van der Waals surface area contributed by atoms with Gasteiger partial charge in [0.1, 0.15) is 17.0 Å². The number of rotatable bonds is 1. The van der Waals surface area contributed by atoms with Crippen LogP contribution in [0.5, 0.6) is 0 Å². The standard InChI is InChI=1S/C16H13F3N4S/c1-9-4-12-14(21-8-22-15(12)24-9)23-3-2-13-10(7-23)5-11(6-20-13)16(17,18)19/h4-6,8H,2-3,7H2,1H3. The zero-order valence-corrected chi connectivity index (χ0v) is 13.6. The van der Waals surface area contributed by atoms with Crippen LogP contribution < -0.4 is 4.90 Å². The molecule has 4 nitrogen and oxygen atoms in total. The Balaban J connectivity index is 1.73. The Labute approximate surface area is 140 Å². The molecule has 0 spiro atoms. The molecule has 24 heavy (non-hydrogen) atoms. The van der Waals surface area contributed by atoms with Gasteiger partial charge in [-0.3, -0.25) is 4.98 Å². The van der Waals surface area contributed by atoms with Gasteiger partial charge in [-0.15, -0.1) is 11.3 Å². The van der Waals surface area contributed by atoms with E-state index in [1.54, 1.807) is 11.3 Å². The topological polar surface area (TPSA) is 41.9 Å². The van der Waals surface area contributed by atoms with Crippen molar-refractivity contribution in [3.63, 3.8) is 0 Å². The molecule has 0 bridgehead atoms. The highest BCUT2D eigenvalue weighted by Gasteiger charge is 2.32. The van der Waals surface area contributed by atoms with Crippen molar-refractivity contribution in [2.45, 2.75) is 26.1 Å². The first kappa shape index (κ1) is 15.3. The van der Waals surface area contributed by atoms with Crippen LogP contribution in [0, 0.1) is 6.92 Å². The van der Waals surface area contributed by atoms with Crippen LogP contribution >= 0.6 is 11.3 Å². The first-order chi connectivity index (χ1) is 11.4. The Bertz CT molecular complexity index is 919. The molecule has 0 unspecified atom stereocenters. The minimum Gasteiger partial charge on any atom is -0.351 e. The summed E-state index contributed by atoms with van der Waals surface area (Å²) in [4.78, 5) is 16.7. The zero-order chi connectivity index (χ0) is 16.9. The zero-order valence-electron chi connectivity index (χ0n) is 12.8. The smallest absolute Gasteiger partial charge is 0.351 e. The lowest BCUT2D eigenvalue weighted by atomic mass is 10.0. The second-order valence-corrected chi connectivity index (χ2v) is 7.01. The first-order valence-electron chi connectivity index (χ1n) is 7.43. The predicted octanol–water partition coefficient (Wildman–Crippen LogP) is 3.98. The highest BCUT2D eigenvalue weighted by Crippen LogP contribution is 2.34. The molecule has 4 rings (SSSR count). The Morgan fingerprint density at radius 1 is 1.17 bits per heavy atom. The first-order valence-corrected chi connectivity index (χ1v) is 8.24. The highest BCUT2D eigenvalue weighted by atomic mass is 32.1. The summed E-state index contributed by atoms with van der Waals surface area (Å²) < 4.78 is 38.7. The van der Waals surface area contributed by atoms with E-state index in [2.05, 4.69) is 15.0 Å². The SMILES string of the molecule is Cc1cc2c(N3CCc4ncc(C(F)(F)F)cc4C3)ncnc2s1. The summed E-state index contributed by atoms with van der Waals surface area (Å²) in [6.07, 6.45) is -1.35. The van der Waals surface area contributed by atoms with Gasteiger partial charge in [-0.05, 0) is 24.6 Å². The van der Waals surface area contributed by atoms with Crippen LogP contribution in [0.1, 0.15) is 21.7 Å². The number of halogens is 3. The quantitative estimate of drug-likeness (QED) is 0.666. The van der Waals surface area contributed by atoms with E-state index >= 15 is 0 Å². The summed E-state index contributed by atoms with van der Waals surface area (Å²) in [5.41, 5.74) is 0.628. The van der Waals surface area contributed by atoms with Crippen molar-refractivity contribution < 1.29 is 13.2 Å². The molecule has 0 atom stereocenters. The minimum atomic E-state index is -4.38. The molecule has 0 saturated heterocycles. The van der Waals surface area contributed by atoms with Crippen molar-refractivity contribution in [1.29, 1.82) is 0 Å². The monoisotopic (exact) mass is 350 g/mol. The van der Waals surface area contributed by atoms with Crippen LogP contribution in [0.15, 0.2) is 24.7 Å². The highest BCUT2D eigenvalue weighted by molar-refractivity contribution is 7.18. The van der Waals surface area contributed by atoms with Gasteiger partial charge >= 0.3 is 6.18 Å². The predicted molar refractivity (Wildman–Crippen MR) is 86.1 cm³/mol. The molecule has 4 heterocycles. The van der Waals surface area contributed by atoms with Crippen LogP contribution in [-0.4, -0.2) is 21.5 Å². The molecule has 0 radical (unpaired) electrons. The van der Waals surface area contributed by atoms with Crippen molar-refractivity contribution in [2.75, 3.05) is 11.4 Å². The fourth-order valence-corrected chi connectivity index (χ4v) is 3.82. The van der Waals surface area contributed by atoms with Crippen LogP contribution in [0.2, 0.25) is 0 Å². The molecule has 0 fully saturated rings. The van der Waals surface area contributed by atoms with Gasteiger partial charge in [0.05, 0.1) is 10.9 Å². The summed E-state index contributed by atoms with van der Waals surface area (Å²) in [6.45, 7) is 3.04. The number of fused-ring (bicyclic) bond motifs is 2. The van der Waals surface area contributed by atoms with Crippen molar-refractivity contribution in [1.82, 2.24) is 15.0 Å². The number of aryl methyl sites for hydroxylation is 1. The van der Waals surface area contributed by atoms with Crippen molar-refractivity contribution in [3.05, 3.63) is 46.4 Å². The number of nitrogens with zero attached hydrogens (tertiary/aromatic N) is 4. The number of pyridine rings is 1. The second-order valence-electron chi connectivity index (χ2n) is 5.77. The van der Waals surface area contributed by atoms with Crippen molar-refractivity contribution in [2.24, 2.45) is 0 Å². The average Bonchev–Trinajstić information content (AvgIpc) is 2.93. The maximum atomic E-state index is 12.9. The van der Waals surface area contributed by atoms with Gasteiger partial charge in [-0.25, -0.2) is 9.97 Å². The van der Waals surface area contributed by atoms with Crippen LogP contribution in [0.4, 0.5) is 19.0 Å². The lowest BCUT2D eigenvalue weighted by molar-refractivity contribution is -0.137. The van der Waals surface area contributed by atoms with Gasteiger partial charge < -0.3 is 4.90 Å². The van der Waals surface area contributed by atoms with Crippen molar-refractivity contribution >= 4 is 27.4 Å². The molecule has 3 aromatic heterocycles. The lowest BCUT2D eigenvalue weighted by Gasteiger charge is -2.29. The van der Waals surface area contributed by atoms with E-state index in [4.69, 9.17) is 0 Å². The summed E-state index contributed by atoms with van der Waals surface area (Å²) >= 11 is 1.58. The second kappa shape index (κ2) is 5.41. The number of thiophene rings is 1. The molecule has 1 aliphatic heterocycles. The minimum absolute atomic E-state index is 0.368. The third-order valence-corrected chi connectivity index (χ3v) is 5.06. The number of hydrogen-bond acceptors (Lipinski definition) is 5. The van der Waals surface area contributed by atoms with E-state index < -0.39 is 11.7 Å². The van der Waals surface area contributed by atoms with E-state index in [1.165, 1.54) is 12.4 Å². The third kappa shape index (κ3) is 2.60. The fourth-order valence-electron chi connectivity index (χ4n) is 2.98. The molecule has 8 heteroatoms. The van der Waals surface area contributed by atoms with Gasteiger partial charge in [-0.2, -0.15) is 13.2 Å². The van der Waals surface area contributed by atoms with Gasteiger partial charge in [0.15, 0.2) is 0 Å². The van der Waals surface area contributed by atoms with Crippen molar-refractivity contribution in [3.8, 4) is 0 Å². The number of hydrogen-bond donors (Lipinski definition) is 0. The number of alkyl halides is 3. The molecule has 0 aliphatic carbocycles. The van der Waals surface area contributed by atoms with Crippen LogP contribution in [0.25, 0.3) is 10.2 Å². The van der Waals surface area contributed by atoms with Gasteiger partial charge in [0, 0.05) is 36.3 Å². The van der Waals surface area contributed by atoms with Gasteiger partial charge in [0.25, 0.3) is 0 Å². The largest absolute Gasteiger partial charge is 0.417 e. The molecule has 124 valence electrons. The number of aromatic nitrogens is 3. The van der Waals surface area contributed by atoms with E-state index in [0.717, 1.165) is 32.8 Å². The summed E-state index contributed by atoms with van der Waals surface area (Å²) in [7, 11) is 0. The van der Waals surface area contributed by atoms with E-state index in [9.17, 15) is 13.2 Å².